The SMILES string of the molecule is C/C=C(\C)c1cccc2nc(-c3cc(C)cc(C)c3)ccc12. The van der Waals surface area contributed by atoms with Gasteiger partial charge in [-0.1, -0.05) is 41.5 Å². The first kappa shape index (κ1) is 14.5. The predicted molar refractivity (Wildman–Crippen MR) is 96.0 cm³/mol. The van der Waals surface area contributed by atoms with Gasteiger partial charge < -0.3 is 0 Å². The Morgan fingerprint density at radius 3 is 2.36 bits per heavy atom. The summed E-state index contributed by atoms with van der Waals surface area (Å²) in [5.41, 5.74) is 8.37. The Morgan fingerprint density at radius 1 is 0.955 bits per heavy atom. The molecule has 3 aromatic rings. The fourth-order valence-corrected chi connectivity index (χ4v) is 2.94. The molecule has 0 radical (unpaired) electrons. The van der Waals surface area contributed by atoms with E-state index in [-0.39, 0.29) is 0 Å². The molecule has 0 fully saturated rings. The molecule has 110 valence electrons. The first-order valence-electron chi connectivity index (χ1n) is 7.70. The summed E-state index contributed by atoms with van der Waals surface area (Å²) in [4.78, 5) is 4.88. The zero-order chi connectivity index (χ0) is 15.7. The van der Waals surface area contributed by atoms with Crippen LogP contribution in [0.1, 0.15) is 30.5 Å². The Morgan fingerprint density at radius 2 is 1.68 bits per heavy atom. The van der Waals surface area contributed by atoms with Crippen LogP contribution in [0.15, 0.2) is 54.6 Å². The van der Waals surface area contributed by atoms with Crippen LogP contribution in [0.4, 0.5) is 0 Å². The third kappa shape index (κ3) is 2.67. The molecule has 1 heteroatoms. The summed E-state index contributed by atoms with van der Waals surface area (Å²) in [5, 5.41) is 1.21. The lowest BCUT2D eigenvalue weighted by Crippen LogP contribution is -1.90. The van der Waals surface area contributed by atoms with Crippen molar-refractivity contribution < 1.29 is 0 Å². The molecular formula is C21H21N. The summed E-state index contributed by atoms with van der Waals surface area (Å²) in [7, 11) is 0. The summed E-state index contributed by atoms with van der Waals surface area (Å²) < 4.78 is 0. The van der Waals surface area contributed by atoms with Gasteiger partial charge in [-0.2, -0.15) is 0 Å². The second kappa shape index (κ2) is 5.76. The molecule has 0 saturated carbocycles. The number of hydrogen-bond donors (Lipinski definition) is 0. The first-order valence-corrected chi connectivity index (χ1v) is 7.70. The van der Waals surface area contributed by atoms with Crippen molar-refractivity contribution >= 4 is 16.5 Å². The highest BCUT2D eigenvalue weighted by molar-refractivity contribution is 5.92. The second-order valence-electron chi connectivity index (χ2n) is 5.92. The van der Waals surface area contributed by atoms with Crippen molar-refractivity contribution in [2.24, 2.45) is 0 Å². The molecule has 0 bridgehead atoms. The third-order valence-corrected chi connectivity index (χ3v) is 4.11. The van der Waals surface area contributed by atoms with E-state index in [1.165, 1.54) is 33.2 Å². The molecule has 0 aliphatic heterocycles. The number of fused-ring (bicyclic) bond motifs is 1. The van der Waals surface area contributed by atoms with Gasteiger partial charge in [-0.05, 0) is 63.1 Å². The summed E-state index contributed by atoms with van der Waals surface area (Å²) in [5.74, 6) is 0. The lowest BCUT2D eigenvalue weighted by Gasteiger charge is -2.09. The van der Waals surface area contributed by atoms with E-state index in [0.717, 1.165) is 11.2 Å². The van der Waals surface area contributed by atoms with Crippen molar-refractivity contribution in [1.29, 1.82) is 0 Å². The molecule has 0 unspecified atom stereocenters. The molecule has 0 spiro atoms. The van der Waals surface area contributed by atoms with Crippen LogP contribution in [-0.2, 0) is 0 Å². The minimum atomic E-state index is 1.04. The van der Waals surface area contributed by atoms with E-state index in [2.05, 4.69) is 82.3 Å². The fourth-order valence-electron chi connectivity index (χ4n) is 2.94. The molecule has 1 heterocycles. The van der Waals surface area contributed by atoms with Crippen LogP contribution in [0.3, 0.4) is 0 Å². The van der Waals surface area contributed by atoms with Gasteiger partial charge in [0, 0.05) is 10.9 Å². The molecular weight excluding hydrogens is 266 g/mol. The number of hydrogen-bond acceptors (Lipinski definition) is 1. The van der Waals surface area contributed by atoms with E-state index in [0.29, 0.717) is 0 Å². The Kier molecular flexibility index (Phi) is 3.81. The lowest BCUT2D eigenvalue weighted by atomic mass is 10.00. The highest BCUT2D eigenvalue weighted by Gasteiger charge is 2.06. The van der Waals surface area contributed by atoms with Crippen molar-refractivity contribution in [1.82, 2.24) is 4.98 Å². The number of rotatable bonds is 2. The molecule has 2 aromatic carbocycles. The molecule has 0 N–H and O–H groups in total. The number of allylic oxidation sites excluding steroid dienone is 2. The summed E-state index contributed by atoms with van der Waals surface area (Å²) in [6.45, 7) is 8.48. The second-order valence-corrected chi connectivity index (χ2v) is 5.92. The average Bonchev–Trinajstić information content (AvgIpc) is 2.52. The number of aryl methyl sites for hydroxylation is 2. The quantitative estimate of drug-likeness (QED) is 0.568. The molecule has 22 heavy (non-hydrogen) atoms. The van der Waals surface area contributed by atoms with Gasteiger partial charge >= 0.3 is 0 Å². The van der Waals surface area contributed by atoms with E-state index in [1.54, 1.807) is 0 Å². The maximum atomic E-state index is 4.88. The maximum Gasteiger partial charge on any atom is 0.0715 e. The Bertz CT molecular complexity index is 852. The summed E-state index contributed by atoms with van der Waals surface area (Å²) in [6.07, 6.45) is 2.15. The molecule has 0 amide bonds. The van der Waals surface area contributed by atoms with Crippen molar-refractivity contribution in [2.75, 3.05) is 0 Å². The number of pyridine rings is 1. The molecule has 0 aliphatic carbocycles. The van der Waals surface area contributed by atoms with Gasteiger partial charge in [0.15, 0.2) is 0 Å². The van der Waals surface area contributed by atoms with Crippen LogP contribution in [0.5, 0.6) is 0 Å². The maximum absolute atomic E-state index is 4.88. The zero-order valence-corrected chi connectivity index (χ0v) is 13.6. The molecule has 1 aromatic heterocycles. The fraction of sp³-hybridized carbons (Fsp3) is 0.190. The largest absolute Gasteiger partial charge is 0.248 e. The normalized spacial score (nSPS) is 11.9. The third-order valence-electron chi connectivity index (χ3n) is 4.11. The molecule has 0 aliphatic rings. The molecule has 3 rings (SSSR count). The molecule has 1 nitrogen and oxygen atoms in total. The van der Waals surface area contributed by atoms with E-state index in [4.69, 9.17) is 4.98 Å². The van der Waals surface area contributed by atoms with Gasteiger partial charge in [0.2, 0.25) is 0 Å². The Labute approximate surface area is 132 Å². The molecule has 0 atom stereocenters. The minimum absolute atomic E-state index is 1.04. The number of nitrogens with zero attached hydrogens (tertiary/aromatic N) is 1. The van der Waals surface area contributed by atoms with Gasteiger partial charge in [-0.3, -0.25) is 0 Å². The first-order chi connectivity index (χ1) is 10.6. The van der Waals surface area contributed by atoms with Crippen LogP contribution in [-0.4, -0.2) is 4.98 Å². The van der Waals surface area contributed by atoms with Gasteiger partial charge in [0.05, 0.1) is 11.2 Å². The lowest BCUT2D eigenvalue weighted by molar-refractivity contribution is 1.34. The highest BCUT2D eigenvalue weighted by atomic mass is 14.7. The van der Waals surface area contributed by atoms with Crippen molar-refractivity contribution in [3.63, 3.8) is 0 Å². The topological polar surface area (TPSA) is 12.9 Å². The van der Waals surface area contributed by atoms with Gasteiger partial charge in [-0.15, -0.1) is 0 Å². The van der Waals surface area contributed by atoms with Crippen LogP contribution < -0.4 is 0 Å². The monoisotopic (exact) mass is 287 g/mol. The smallest absolute Gasteiger partial charge is 0.0715 e. The Balaban J connectivity index is 2.19. The van der Waals surface area contributed by atoms with E-state index >= 15 is 0 Å². The predicted octanol–water partition coefficient (Wildman–Crippen LogP) is 5.94. The minimum Gasteiger partial charge on any atom is -0.248 e. The number of aromatic nitrogens is 1. The van der Waals surface area contributed by atoms with Crippen LogP contribution >= 0.6 is 0 Å². The van der Waals surface area contributed by atoms with E-state index in [1.807, 2.05) is 0 Å². The van der Waals surface area contributed by atoms with E-state index < -0.39 is 0 Å². The summed E-state index contributed by atoms with van der Waals surface area (Å²) in [6, 6.07) is 17.2. The van der Waals surface area contributed by atoms with Gasteiger partial charge in [0.1, 0.15) is 0 Å². The van der Waals surface area contributed by atoms with Crippen molar-refractivity contribution in [3.8, 4) is 11.3 Å². The average molecular weight is 287 g/mol. The molecule has 0 saturated heterocycles. The Hall–Kier alpha value is -2.41. The summed E-state index contributed by atoms with van der Waals surface area (Å²) >= 11 is 0. The standard InChI is InChI=1S/C21H21N/c1-5-16(4)18-7-6-8-21-19(18)9-10-20(22-21)17-12-14(2)11-15(3)13-17/h5-13H,1-4H3/b16-5+. The zero-order valence-electron chi connectivity index (χ0n) is 13.6. The van der Waals surface area contributed by atoms with Crippen LogP contribution in [0, 0.1) is 13.8 Å². The van der Waals surface area contributed by atoms with Crippen molar-refractivity contribution in [2.45, 2.75) is 27.7 Å². The van der Waals surface area contributed by atoms with Crippen molar-refractivity contribution in [3.05, 3.63) is 71.3 Å². The van der Waals surface area contributed by atoms with Gasteiger partial charge in [-0.25, -0.2) is 4.98 Å². The van der Waals surface area contributed by atoms with E-state index in [9.17, 15) is 0 Å². The van der Waals surface area contributed by atoms with Crippen LogP contribution in [0.25, 0.3) is 27.7 Å². The highest BCUT2D eigenvalue weighted by Crippen LogP contribution is 2.27. The van der Waals surface area contributed by atoms with Crippen LogP contribution in [0.2, 0.25) is 0 Å². The van der Waals surface area contributed by atoms with Gasteiger partial charge in [0.25, 0.3) is 0 Å². The number of benzene rings is 2.